The van der Waals surface area contributed by atoms with Gasteiger partial charge in [0.15, 0.2) is 0 Å². The van der Waals surface area contributed by atoms with Gasteiger partial charge in [-0.3, -0.25) is 4.79 Å². The number of fused-ring (bicyclic) bond motifs is 1. The zero-order chi connectivity index (χ0) is 17.9. The Labute approximate surface area is 152 Å². The first kappa shape index (κ1) is 17.4. The number of carbonyl (C=O) groups is 1. The molecule has 4 nitrogen and oxygen atoms in total. The van der Waals surface area contributed by atoms with Crippen LogP contribution in [0.15, 0.2) is 59.9 Å². The van der Waals surface area contributed by atoms with Crippen molar-refractivity contribution in [1.82, 2.24) is 9.97 Å². The van der Waals surface area contributed by atoms with E-state index in [0.717, 1.165) is 21.6 Å². The molecule has 0 fully saturated rings. The Bertz CT molecular complexity index is 880. The predicted molar refractivity (Wildman–Crippen MR) is 104 cm³/mol. The Morgan fingerprint density at radius 2 is 1.76 bits per heavy atom. The van der Waals surface area contributed by atoms with Gasteiger partial charge < -0.3 is 5.32 Å². The first-order valence-electron chi connectivity index (χ1n) is 8.16. The predicted octanol–water partition coefficient (Wildman–Crippen LogP) is 4.66. The molecule has 0 aliphatic heterocycles. The second kappa shape index (κ2) is 7.23. The fourth-order valence-corrected chi connectivity index (χ4v) is 3.27. The maximum Gasteiger partial charge on any atom is 0.234 e. The molecule has 1 aromatic heterocycles. The van der Waals surface area contributed by atoms with Gasteiger partial charge in [-0.05, 0) is 29.2 Å². The summed E-state index contributed by atoms with van der Waals surface area (Å²) in [6.07, 6.45) is 1.54. The van der Waals surface area contributed by atoms with E-state index in [9.17, 15) is 4.79 Å². The van der Waals surface area contributed by atoms with Crippen LogP contribution in [0.25, 0.3) is 10.9 Å². The maximum absolute atomic E-state index is 12.2. The average Bonchev–Trinajstić information content (AvgIpc) is 2.59. The molecular formula is C20H21N3OS. The second-order valence-electron chi connectivity index (χ2n) is 6.86. The number of thioether (sulfide) groups is 1. The first-order chi connectivity index (χ1) is 11.9. The average molecular weight is 351 g/mol. The number of rotatable bonds is 4. The third-order valence-corrected chi connectivity index (χ3v) is 4.89. The monoisotopic (exact) mass is 351 g/mol. The molecule has 0 unspecified atom stereocenters. The van der Waals surface area contributed by atoms with Gasteiger partial charge in [-0.1, -0.05) is 62.9 Å². The summed E-state index contributed by atoms with van der Waals surface area (Å²) in [5.74, 6) is 0.262. The van der Waals surface area contributed by atoms with E-state index in [1.807, 2.05) is 36.4 Å². The van der Waals surface area contributed by atoms with Gasteiger partial charge in [0, 0.05) is 11.1 Å². The molecule has 0 spiro atoms. The van der Waals surface area contributed by atoms with Gasteiger partial charge in [0.2, 0.25) is 5.91 Å². The minimum atomic E-state index is -0.0452. The third kappa shape index (κ3) is 4.37. The van der Waals surface area contributed by atoms with Gasteiger partial charge in [0.05, 0.1) is 11.3 Å². The molecule has 1 N–H and O–H groups in total. The van der Waals surface area contributed by atoms with Gasteiger partial charge in [0.1, 0.15) is 11.4 Å². The van der Waals surface area contributed by atoms with Gasteiger partial charge in [0.25, 0.3) is 0 Å². The highest BCUT2D eigenvalue weighted by molar-refractivity contribution is 8.00. The summed E-state index contributed by atoms with van der Waals surface area (Å²) >= 11 is 1.42. The number of nitrogens with zero attached hydrogens (tertiary/aromatic N) is 2. The summed E-state index contributed by atoms with van der Waals surface area (Å²) in [4.78, 5) is 20.8. The third-order valence-electron chi connectivity index (χ3n) is 3.88. The second-order valence-corrected chi connectivity index (χ2v) is 7.82. The molecule has 128 valence electrons. The van der Waals surface area contributed by atoms with Crippen molar-refractivity contribution in [3.05, 3.63) is 60.4 Å². The fourth-order valence-electron chi connectivity index (χ4n) is 2.48. The van der Waals surface area contributed by atoms with E-state index in [1.54, 1.807) is 0 Å². The van der Waals surface area contributed by atoms with E-state index < -0.39 is 0 Å². The van der Waals surface area contributed by atoms with E-state index in [4.69, 9.17) is 0 Å². The molecule has 1 heterocycles. The van der Waals surface area contributed by atoms with Crippen molar-refractivity contribution < 1.29 is 4.79 Å². The molecule has 2 aromatic carbocycles. The lowest BCUT2D eigenvalue weighted by atomic mass is 9.87. The molecule has 3 aromatic rings. The number of benzene rings is 2. The Balaban J connectivity index is 1.63. The van der Waals surface area contributed by atoms with Crippen LogP contribution in [0.1, 0.15) is 26.3 Å². The van der Waals surface area contributed by atoms with Crippen molar-refractivity contribution in [2.45, 2.75) is 31.2 Å². The summed E-state index contributed by atoms with van der Waals surface area (Å²) in [5, 5.41) is 4.73. The van der Waals surface area contributed by atoms with Crippen LogP contribution in [0.5, 0.6) is 0 Å². The Kier molecular flexibility index (Phi) is 5.04. The lowest BCUT2D eigenvalue weighted by Gasteiger charge is -2.19. The summed E-state index contributed by atoms with van der Waals surface area (Å²) < 4.78 is 0. The van der Waals surface area contributed by atoms with Crippen LogP contribution in [-0.2, 0) is 10.2 Å². The van der Waals surface area contributed by atoms with E-state index in [1.165, 1.54) is 23.7 Å². The summed E-state index contributed by atoms with van der Waals surface area (Å²) in [7, 11) is 0. The van der Waals surface area contributed by atoms with E-state index >= 15 is 0 Å². The van der Waals surface area contributed by atoms with Crippen LogP contribution in [-0.4, -0.2) is 21.6 Å². The SMILES string of the molecule is CC(C)(C)c1ccc(NC(=O)CSc2ncnc3ccccc23)cc1. The van der Waals surface area contributed by atoms with Crippen LogP contribution in [0.3, 0.4) is 0 Å². The number of hydrogen-bond acceptors (Lipinski definition) is 4. The Hall–Kier alpha value is -2.40. The molecule has 3 rings (SSSR count). The quantitative estimate of drug-likeness (QED) is 0.549. The van der Waals surface area contributed by atoms with Gasteiger partial charge in [-0.2, -0.15) is 0 Å². The Morgan fingerprint density at radius 1 is 1.04 bits per heavy atom. The van der Waals surface area contributed by atoms with Crippen molar-refractivity contribution in [3.8, 4) is 0 Å². The molecular weight excluding hydrogens is 330 g/mol. The fraction of sp³-hybridized carbons (Fsp3) is 0.250. The molecule has 0 bridgehead atoms. The Morgan fingerprint density at radius 3 is 2.48 bits per heavy atom. The molecule has 25 heavy (non-hydrogen) atoms. The highest BCUT2D eigenvalue weighted by Crippen LogP contribution is 2.25. The van der Waals surface area contributed by atoms with Crippen molar-refractivity contribution >= 4 is 34.3 Å². The van der Waals surface area contributed by atoms with Gasteiger partial charge >= 0.3 is 0 Å². The summed E-state index contributed by atoms with van der Waals surface area (Å²) in [6, 6.07) is 15.8. The van der Waals surface area contributed by atoms with Crippen molar-refractivity contribution in [3.63, 3.8) is 0 Å². The lowest BCUT2D eigenvalue weighted by Crippen LogP contribution is -2.15. The smallest absolute Gasteiger partial charge is 0.234 e. The molecule has 0 atom stereocenters. The van der Waals surface area contributed by atoms with Crippen LogP contribution in [0.2, 0.25) is 0 Å². The number of amides is 1. The number of aromatic nitrogens is 2. The molecule has 0 saturated heterocycles. The van der Waals surface area contributed by atoms with E-state index in [-0.39, 0.29) is 11.3 Å². The van der Waals surface area contributed by atoms with Crippen molar-refractivity contribution in [1.29, 1.82) is 0 Å². The normalized spacial score (nSPS) is 11.5. The lowest BCUT2D eigenvalue weighted by molar-refractivity contribution is -0.113. The molecule has 0 aliphatic rings. The minimum Gasteiger partial charge on any atom is -0.325 e. The number of nitrogens with one attached hydrogen (secondary N) is 1. The molecule has 0 aliphatic carbocycles. The van der Waals surface area contributed by atoms with Crippen molar-refractivity contribution in [2.75, 3.05) is 11.1 Å². The van der Waals surface area contributed by atoms with E-state index in [2.05, 4.69) is 48.2 Å². The summed E-state index contributed by atoms with van der Waals surface area (Å²) in [6.45, 7) is 6.51. The van der Waals surface area contributed by atoms with Crippen LogP contribution in [0.4, 0.5) is 5.69 Å². The van der Waals surface area contributed by atoms with Crippen LogP contribution < -0.4 is 5.32 Å². The highest BCUT2D eigenvalue weighted by atomic mass is 32.2. The number of hydrogen-bond donors (Lipinski definition) is 1. The number of anilines is 1. The maximum atomic E-state index is 12.2. The van der Waals surface area contributed by atoms with Crippen LogP contribution in [0, 0.1) is 0 Å². The highest BCUT2D eigenvalue weighted by Gasteiger charge is 2.13. The van der Waals surface area contributed by atoms with Crippen molar-refractivity contribution in [2.24, 2.45) is 0 Å². The molecule has 0 saturated carbocycles. The topological polar surface area (TPSA) is 54.9 Å². The number of carbonyl (C=O) groups excluding carboxylic acids is 1. The van der Waals surface area contributed by atoms with Gasteiger partial charge in [-0.15, -0.1) is 0 Å². The number of para-hydroxylation sites is 1. The summed E-state index contributed by atoms with van der Waals surface area (Å²) in [5.41, 5.74) is 3.04. The van der Waals surface area contributed by atoms with E-state index in [0.29, 0.717) is 5.75 Å². The zero-order valence-corrected chi connectivity index (χ0v) is 15.4. The largest absolute Gasteiger partial charge is 0.325 e. The molecule has 0 radical (unpaired) electrons. The minimum absolute atomic E-state index is 0.0452. The first-order valence-corrected chi connectivity index (χ1v) is 9.15. The molecule has 1 amide bonds. The standard InChI is InChI=1S/C20H21N3OS/c1-20(2,3)14-8-10-15(11-9-14)23-18(24)12-25-19-16-6-4-5-7-17(16)21-13-22-19/h4-11,13H,12H2,1-3H3,(H,23,24). The molecule has 5 heteroatoms. The van der Waals surface area contributed by atoms with Gasteiger partial charge in [-0.25, -0.2) is 9.97 Å². The zero-order valence-electron chi connectivity index (χ0n) is 14.6. The van der Waals surface area contributed by atoms with Crippen LogP contribution >= 0.6 is 11.8 Å².